The number of hydrogen-bond acceptors (Lipinski definition) is 5. The van der Waals surface area contributed by atoms with Crippen molar-refractivity contribution in [1.29, 1.82) is 0 Å². The van der Waals surface area contributed by atoms with E-state index in [9.17, 15) is 8.42 Å². The molecular weight excluding hydrogens is 240 g/mol. The molecule has 0 atom stereocenters. The van der Waals surface area contributed by atoms with Crippen LogP contribution in [0, 0.1) is 0 Å². The highest BCUT2D eigenvalue weighted by Gasteiger charge is 2.38. The minimum atomic E-state index is -3.20. The van der Waals surface area contributed by atoms with Gasteiger partial charge in [0.25, 0.3) is 0 Å². The summed E-state index contributed by atoms with van der Waals surface area (Å²) in [6, 6.07) is 0. The molecule has 0 saturated heterocycles. The van der Waals surface area contributed by atoms with Crippen LogP contribution in [0.25, 0.3) is 0 Å². The Hall–Kier alpha value is -0.950. The van der Waals surface area contributed by atoms with Crippen molar-refractivity contribution in [3.63, 3.8) is 0 Å². The number of nitrogens with zero attached hydrogens (tertiary/aromatic N) is 3. The van der Waals surface area contributed by atoms with Crippen molar-refractivity contribution in [3.05, 3.63) is 5.82 Å². The van der Waals surface area contributed by atoms with Crippen LogP contribution in [-0.2, 0) is 22.8 Å². The zero-order valence-corrected chi connectivity index (χ0v) is 10.4. The molecule has 6 nitrogen and oxygen atoms in total. The number of aromatic nitrogens is 3. The standard InChI is InChI=1S/C10H16N4O2S/c11-10(4-5-10)3-2-8-12-9-14(13-8)6-1-7-17(9,15)16/h1-7,11H2. The van der Waals surface area contributed by atoms with Crippen LogP contribution in [0.3, 0.4) is 0 Å². The Morgan fingerprint density at radius 1 is 1.41 bits per heavy atom. The number of nitrogens with two attached hydrogens (primary N) is 1. The monoisotopic (exact) mass is 256 g/mol. The molecule has 0 spiro atoms. The second-order valence-corrected chi connectivity index (χ2v) is 7.07. The fourth-order valence-corrected chi connectivity index (χ4v) is 3.51. The van der Waals surface area contributed by atoms with Crippen molar-refractivity contribution in [3.8, 4) is 0 Å². The van der Waals surface area contributed by atoms with E-state index < -0.39 is 9.84 Å². The van der Waals surface area contributed by atoms with Crippen LogP contribution in [0.2, 0.25) is 0 Å². The van der Waals surface area contributed by atoms with E-state index >= 15 is 0 Å². The number of aryl methyl sites for hydroxylation is 2. The predicted octanol–water partition coefficient (Wildman–Crippen LogP) is -0.121. The van der Waals surface area contributed by atoms with Crippen LogP contribution in [0.4, 0.5) is 0 Å². The van der Waals surface area contributed by atoms with Gasteiger partial charge in [-0.3, -0.25) is 0 Å². The first-order chi connectivity index (χ1) is 7.99. The molecule has 2 N–H and O–H groups in total. The average molecular weight is 256 g/mol. The lowest BCUT2D eigenvalue weighted by atomic mass is 10.1. The Kier molecular flexibility index (Phi) is 2.31. The van der Waals surface area contributed by atoms with Gasteiger partial charge in [-0.25, -0.2) is 18.1 Å². The van der Waals surface area contributed by atoms with Gasteiger partial charge in [0, 0.05) is 18.5 Å². The molecule has 94 valence electrons. The summed E-state index contributed by atoms with van der Waals surface area (Å²) in [4.78, 5) is 4.14. The highest BCUT2D eigenvalue weighted by atomic mass is 32.2. The van der Waals surface area contributed by atoms with Crippen molar-refractivity contribution in [2.75, 3.05) is 5.75 Å². The molecule has 3 rings (SSSR count). The van der Waals surface area contributed by atoms with Crippen LogP contribution in [0.1, 0.15) is 31.5 Å². The van der Waals surface area contributed by atoms with Gasteiger partial charge in [-0.15, -0.1) is 0 Å². The first kappa shape index (κ1) is 11.2. The summed E-state index contributed by atoms with van der Waals surface area (Å²) in [5.41, 5.74) is 5.95. The molecule has 0 amide bonds. The third-order valence-corrected chi connectivity index (χ3v) is 5.17. The zero-order chi connectivity index (χ0) is 12.1. The number of sulfone groups is 1. The average Bonchev–Trinajstić information content (AvgIpc) is 2.84. The minimum absolute atomic E-state index is 0.0370. The normalized spacial score (nSPS) is 24.3. The quantitative estimate of drug-likeness (QED) is 0.814. The van der Waals surface area contributed by atoms with E-state index in [0.29, 0.717) is 25.2 Å². The van der Waals surface area contributed by atoms with E-state index in [4.69, 9.17) is 5.73 Å². The fourth-order valence-electron chi connectivity index (χ4n) is 2.12. The van der Waals surface area contributed by atoms with E-state index in [2.05, 4.69) is 10.1 Å². The Bertz CT molecular complexity index is 545. The molecule has 0 unspecified atom stereocenters. The van der Waals surface area contributed by atoms with Crippen LogP contribution < -0.4 is 5.73 Å². The predicted molar refractivity (Wildman–Crippen MR) is 61.2 cm³/mol. The SMILES string of the molecule is NC1(CCc2nc3n(n2)CCCS3(=O)=O)CC1. The summed E-state index contributed by atoms with van der Waals surface area (Å²) in [5, 5.41) is 4.39. The van der Waals surface area contributed by atoms with Crippen molar-refractivity contribution in [2.45, 2.75) is 49.3 Å². The topological polar surface area (TPSA) is 90.9 Å². The molecule has 0 radical (unpaired) electrons. The van der Waals surface area contributed by atoms with Crippen LogP contribution in [-0.4, -0.2) is 34.5 Å². The number of rotatable bonds is 3. The van der Waals surface area contributed by atoms with E-state index in [1.54, 1.807) is 0 Å². The Morgan fingerprint density at radius 3 is 2.82 bits per heavy atom. The van der Waals surface area contributed by atoms with Gasteiger partial charge in [0.15, 0.2) is 5.82 Å². The summed E-state index contributed by atoms with van der Waals surface area (Å²) >= 11 is 0. The largest absolute Gasteiger partial charge is 0.325 e. The Labute approximate surface area is 100 Å². The lowest BCUT2D eigenvalue weighted by Crippen LogP contribution is -2.22. The summed E-state index contributed by atoms with van der Waals surface area (Å²) in [6.45, 7) is 0.648. The molecular formula is C10H16N4O2S. The maximum atomic E-state index is 11.8. The van der Waals surface area contributed by atoms with Gasteiger partial charge in [-0.1, -0.05) is 0 Å². The molecule has 2 heterocycles. The molecule has 0 aromatic carbocycles. The molecule has 1 saturated carbocycles. The van der Waals surface area contributed by atoms with Gasteiger partial charge >= 0.3 is 0 Å². The molecule has 0 bridgehead atoms. The zero-order valence-electron chi connectivity index (χ0n) is 9.59. The summed E-state index contributed by atoms with van der Waals surface area (Å²) < 4.78 is 25.0. The summed E-state index contributed by atoms with van der Waals surface area (Å²) in [6.07, 6.45) is 4.25. The van der Waals surface area contributed by atoms with Gasteiger partial charge in [0.05, 0.1) is 5.75 Å². The second kappa shape index (κ2) is 3.52. The highest BCUT2D eigenvalue weighted by Crippen LogP contribution is 2.36. The maximum Gasteiger partial charge on any atom is 0.245 e. The summed E-state index contributed by atoms with van der Waals surface area (Å²) in [5.74, 6) is 0.800. The van der Waals surface area contributed by atoms with E-state index in [1.165, 1.54) is 4.68 Å². The second-order valence-electron chi connectivity index (χ2n) is 5.07. The first-order valence-electron chi connectivity index (χ1n) is 5.94. The Morgan fingerprint density at radius 2 is 2.18 bits per heavy atom. The van der Waals surface area contributed by atoms with E-state index in [0.717, 1.165) is 19.3 Å². The molecule has 1 aromatic heterocycles. The number of hydrogen-bond donors (Lipinski definition) is 1. The molecule has 7 heteroatoms. The molecule has 1 aromatic rings. The third kappa shape index (κ3) is 2.09. The van der Waals surface area contributed by atoms with Gasteiger partial charge in [-0.2, -0.15) is 5.10 Å². The third-order valence-electron chi connectivity index (χ3n) is 3.48. The minimum Gasteiger partial charge on any atom is -0.325 e. The first-order valence-corrected chi connectivity index (χ1v) is 7.59. The van der Waals surface area contributed by atoms with Crippen LogP contribution >= 0.6 is 0 Å². The smallest absolute Gasteiger partial charge is 0.245 e. The molecule has 1 aliphatic carbocycles. The van der Waals surface area contributed by atoms with Crippen molar-refractivity contribution in [2.24, 2.45) is 5.73 Å². The molecule has 1 aliphatic heterocycles. The number of fused-ring (bicyclic) bond motifs is 1. The van der Waals surface area contributed by atoms with Gasteiger partial charge < -0.3 is 5.73 Å². The summed E-state index contributed by atoms with van der Waals surface area (Å²) in [7, 11) is -3.20. The van der Waals surface area contributed by atoms with Gasteiger partial charge in [0.2, 0.25) is 15.0 Å². The van der Waals surface area contributed by atoms with Gasteiger partial charge in [0.1, 0.15) is 0 Å². The lowest BCUT2D eigenvalue weighted by molar-refractivity contribution is 0.491. The van der Waals surface area contributed by atoms with Crippen molar-refractivity contribution >= 4 is 9.84 Å². The lowest BCUT2D eigenvalue weighted by Gasteiger charge is -2.11. The van der Waals surface area contributed by atoms with Crippen LogP contribution in [0.15, 0.2) is 5.16 Å². The van der Waals surface area contributed by atoms with Crippen LogP contribution in [0.5, 0.6) is 0 Å². The molecule has 17 heavy (non-hydrogen) atoms. The van der Waals surface area contributed by atoms with Crippen molar-refractivity contribution in [1.82, 2.24) is 14.8 Å². The Balaban J connectivity index is 1.81. The van der Waals surface area contributed by atoms with Crippen molar-refractivity contribution < 1.29 is 8.42 Å². The molecule has 2 aliphatic rings. The van der Waals surface area contributed by atoms with E-state index in [1.807, 2.05) is 0 Å². The van der Waals surface area contributed by atoms with Gasteiger partial charge in [-0.05, 0) is 25.7 Å². The molecule has 1 fully saturated rings. The highest BCUT2D eigenvalue weighted by molar-refractivity contribution is 7.91. The fraction of sp³-hybridized carbons (Fsp3) is 0.800. The van der Waals surface area contributed by atoms with E-state index in [-0.39, 0.29) is 16.4 Å². The maximum absolute atomic E-state index is 11.8.